The van der Waals surface area contributed by atoms with Gasteiger partial charge in [0.25, 0.3) is 0 Å². The zero-order chi connectivity index (χ0) is 21.5. The van der Waals surface area contributed by atoms with Crippen molar-refractivity contribution >= 4 is 11.9 Å². The number of halogens is 2. The molecule has 3 rings (SSSR count). The number of hydrogen-bond acceptors (Lipinski definition) is 3. The number of amides is 1. The molecular formula is C22H33F2N5O. The Balaban J connectivity index is 1.52. The summed E-state index contributed by atoms with van der Waals surface area (Å²) in [6, 6.07) is 3.49. The van der Waals surface area contributed by atoms with E-state index in [-0.39, 0.29) is 11.9 Å². The number of rotatable bonds is 6. The van der Waals surface area contributed by atoms with Crippen LogP contribution in [0.25, 0.3) is 0 Å². The summed E-state index contributed by atoms with van der Waals surface area (Å²) in [4.78, 5) is 23.7. The summed E-state index contributed by atoms with van der Waals surface area (Å²) in [5.41, 5.74) is 0.603. The number of hydrogen-bond donors (Lipinski definition) is 1. The quantitative estimate of drug-likeness (QED) is 0.565. The molecule has 1 amide bonds. The van der Waals surface area contributed by atoms with E-state index in [1.54, 1.807) is 0 Å². The van der Waals surface area contributed by atoms with Crippen molar-refractivity contribution in [2.45, 2.75) is 39.2 Å². The topological polar surface area (TPSA) is 51.2 Å². The van der Waals surface area contributed by atoms with Crippen molar-refractivity contribution in [1.29, 1.82) is 0 Å². The molecule has 8 heteroatoms. The maximum Gasteiger partial charge on any atom is 0.239 e. The summed E-state index contributed by atoms with van der Waals surface area (Å²) in [7, 11) is 0. The molecule has 2 aliphatic heterocycles. The molecule has 2 aliphatic rings. The van der Waals surface area contributed by atoms with E-state index in [0.717, 1.165) is 70.7 Å². The van der Waals surface area contributed by atoms with Crippen LogP contribution in [0.4, 0.5) is 8.78 Å². The predicted molar refractivity (Wildman–Crippen MR) is 114 cm³/mol. The second-order valence-corrected chi connectivity index (χ2v) is 7.99. The highest BCUT2D eigenvalue weighted by Gasteiger charge is 2.30. The fraction of sp³-hybridized carbons (Fsp3) is 0.636. The fourth-order valence-corrected chi connectivity index (χ4v) is 4.15. The first-order chi connectivity index (χ1) is 14.5. The minimum atomic E-state index is -0.561. The van der Waals surface area contributed by atoms with Crippen molar-refractivity contribution in [2.24, 2.45) is 4.99 Å². The Hall–Kier alpha value is -2.22. The van der Waals surface area contributed by atoms with E-state index >= 15 is 0 Å². The van der Waals surface area contributed by atoms with Crippen molar-refractivity contribution in [3.05, 3.63) is 35.4 Å². The molecule has 1 unspecified atom stereocenters. The highest BCUT2D eigenvalue weighted by Crippen LogP contribution is 2.14. The van der Waals surface area contributed by atoms with E-state index in [2.05, 4.69) is 20.1 Å². The highest BCUT2D eigenvalue weighted by atomic mass is 19.1. The second-order valence-electron chi connectivity index (χ2n) is 7.99. The minimum Gasteiger partial charge on any atom is -0.357 e. The maximum absolute atomic E-state index is 13.4. The van der Waals surface area contributed by atoms with E-state index in [1.165, 1.54) is 12.1 Å². The average Bonchev–Trinajstić information content (AvgIpc) is 3.26. The molecule has 166 valence electrons. The Bertz CT molecular complexity index is 723. The number of guanidine groups is 1. The van der Waals surface area contributed by atoms with Crippen LogP contribution < -0.4 is 5.32 Å². The van der Waals surface area contributed by atoms with Crippen LogP contribution in [-0.2, 0) is 11.2 Å². The van der Waals surface area contributed by atoms with Crippen molar-refractivity contribution in [2.75, 3.05) is 52.4 Å². The summed E-state index contributed by atoms with van der Waals surface area (Å²) in [5, 5.41) is 3.31. The van der Waals surface area contributed by atoms with E-state index in [4.69, 9.17) is 0 Å². The largest absolute Gasteiger partial charge is 0.357 e. The Morgan fingerprint density at radius 1 is 1.03 bits per heavy atom. The van der Waals surface area contributed by atoms with Crippen LogP contribution in [0.1, 0.15) is 32.3 Å². The highest BCUT2D eigenvalue weighted by molar-refractivity contribution is 5.82. The minimum absolute atomic E-state index is 0.0901. The number of piperazine rings is 1. The number of likely N-dealkylation sites (tertiary alicyclic amines) is 1. The molecular weight excluding hydrogens is 388 g/mol. The standard InChI is InChI=1S/C22H33F2N5O/c1-3-25-22(26-7-6-18-14-19(23)16-20(24)15-18)29-12-10-27(11-13-29)17(2)21(30)28-8-4-5-9-28/h14-17H,3-13H2,1-2H3,(H,25,26). The second kappa shape index (κ2) is 10.7. The zero-order valence-electron chi connectivity index (χ0n) is 18.0. The summed E-state index contributed by atoms with van der Waals surface area (Å²) >= 11 is 0. The van der Waals surface area contributed by atoms with Gasteiger partial charge in [0.15, 0.2) is 5.96 Å². The number of carbonyl (C=O) groups excluding carboxylic acids is 1. The third-order valence-corrected chi connectivity index (χ3v) is 5.86. The molecule has 1 aromatic carbocycles. The predicted octanol–water partition coefficient (Wildman–Crippen LogP) is 2.10. The number of benzene rings is 1. The summed E-state index contributed by atoms with van der Waals surface area (Å²) in [5.74, 6) is -0.0689. The number of aliphatic imine (C=N–C) groups is 1. The third-order valence-electron chi connectivity index (χ3n) is 5.86. The maximum atomic E-state index is 13.4. The lowest BCUT2D eigenvalue weighted by atomic mass is 10.1. The van der Waals surface area contributed by atoms with Crippen LogP contribution in [0.5, 0.6) is 0 Å². The number of nitrogens with one attached hydrogen (secondary N) is 1. The van der Waals surface area contributed by atoms with Crippen molar-refractivity contribution < 1.29 is 13.6 Å². The van der Waals surface area contributed by atoms with Crippen LogP contribution in [0, 0.1) is 11.6 Å². The van der Waals surface area contributed by atoms with Gasteiger partial charge >= 0.3 is 0 Å². The summed E-state index contributed by atoms with van der Waals surface area (Å²) in [6.07, 6.45) is 2.69. The first-order valence-corrected chi connectivity index (χ1v) is 11.0. The molecule has 1 aromatic rings. The van der Waals surface area contributed by atoms with E-state index < -0.39 is 11.6 Å². The molecule has 6 nitrogen and oxygen atoms in total. The lowest BCUT2D eigenvalue weighted by Gasteiger charge is -2.39. The lowest BCUT2D eigenvalue weighted by Crippen LogP contribution is -2.57. The average molecular weight is 422 g/mol. The Labute approximate surface area is 177 Å². The molecule has 1 N–H and O–H groups in total. The molecule has 0 bridgehead atoms. The van der Waals surface area contributed by atoms with Gasteiger partial charge in [-0.25, -0.2) is 8.78 Å². The molecule has 2 fully saturated rings. The smallest absolute Gasteiger partial charge is 0.239 e. The van der Waals surface area contributed by atoms with Crippen LogP contribution in [-0.4, -0.2) is 85.0 Å². The van der Waals surface area contributed by atoms with E-state index in [1.807, 2.05) is 18.7 Å². The molecule has 0 aliphatic carbocycles. The van der Waals surface area contributed by atoms with Crippen molar-refractivity contribution in [3.8, 4) is 0 Å². The number of nitrogens with zero attached hydrogens (tertiary/aromatic N) is 4. The van der Waals surface area contributed by atoms with Gasteiger partial charge in [-0.05, 0) is 50.8 Å². The van der Waals surface area contributed by atoms with E-state index in [9.17, 15) is 13.6 Å². The lowest BCUT2D eigenvalue weighted by molar-refractivity contribution is -0.135. The first-order valence-electron chi connectivity index (χ1n) is 11.0. The van der Waals surface area contributed by atoms with Crippen LogP contribution in [0.15, 0.2) is 23.2 Å². The van der Waals surface area contributed by atoms with E-state index in [0.29, 0.717) is 18.5 Å². The molecule has 0 aromatic heterocycles. The van der Waals surface area contributed by atoms with Crippen molar-refractivity contribution in [1.82, 2.24) is 20.0 Å². The summed E-state index contributed by atoms with van der Waals surface area (Å²) < 4.78 is 26.7. The van der Waals surface area contributed by atoms with Gasteiger partial charge in [-0.15, -0.1) is 0 Å². The summed E-state index contributed by atoms with van der Waals surface area (Å²) in [6.45, 7) is 10.2. The van der Waals surface area contributed by atoms with Gasteiger partial charge in [0.05, 0.1) is 6.04 Å². The van der Waals surface area contributed by atoms with Gasteiger partial charge in [-0.1, -0.05) is 0 Å². The monoisotopic (exact) mass is 421 g/mol. The van der Waals surface area contributed by atoms with Crippen LogP contribution >= 0.6 is 0 Å². The molecule has 0 spiro atoms. The van der Waals surface area contributed by atoms with Gasteiger partial charge in [0.1, 0.15) is 11.6 Å². The van der Waals surface area contributed by atoms with Crippen molar-refractivity contribution in [3.63, 3.8) is 0 Å². The fourth-order valence-electron chi connectivity index (χ4n) is 4.15. The molecule has 1 atom stereocenters. The zero-order valence-corrected chi connectivity index (χ0v) is 18.0. The van der Waals surface area contributed by atoms with Gasteiger partial charge in [0, 0.05) is 58.4 Å². The Kier molecular flexibility index (Phi) is 8.01. The van der Waals surface area contributed by atoms with Crippen LogP contribution in [0.2, 0.25) is 0 Å². The normalized spacial score (nSPS) is 19.3. The molecule has 2 heterocycles. The first kappa shape index (κ1) is 22.5. The van der Waals surface area contributed by atoms with Gasteiger partial charge in [0.2, 0.25) is 5.91 Å². The van der Waals surface area contributed by atoms with Crippen LogP contribution in [0.3, 0.4) is 0 Å². The Morgan fingerprint density at radius 2 is 1.67 bits per heavy atom. The third kappa shape index (κ3) is 5.90. The van der Waals surface area contributed by atoms with Gasteiger partial charge < -0.3 is 15.1 Å². The molecule has 0 radical (unpaired) electrons. The SMILES string of the molecule is CCNC(=NCCc1cc(F)cc(F)c1)N1CCN(C(C)C(=O)N2CCCC2)CC1. The molecule has 2 saturated heterocycles. The van der Waals surface area contributed by atoms with Gasteiger partial charge in [-0.3, -0.25) is 14.7 Å². The number of carbonyl (C=O) groups is 1. The molecule has 30 heavy (non-hydrogen) atoms. The Morgan fingerprint density at radius 3 is 2.27 bits per heavy atom. The van der Waals surface area contributed by atoms with Gasteiger partial charge in [-0.2, -0.15) is 0 Å². The molecule has 0 saturated carbocycles.